The maximum atomic E-state index is 6.25. The van der Waals surface area contributed by atoms with Crippen LogP contribution >= 0.6 is 27.5 Å². The summed E-state index contributed by atoms with van der Waals surface area (Å²) < 4.78 is 6.40. The molecule has 0 radical (unpaired) electrons. The second kappa shape index (κ2) is 6.87. The second-order valence-corrected chi connectivity index (χ2v) is 6.00. The highest BCUT2D eigenvalue weighted by Crippen LogP contribution is 2.32. The molecule has 1 aromatic carbocycles. The van der Waals surface area contributed by atoms with Crippen LogP contribution in [0.1, 0.15) is 30.9 Å². The molecule has 100 valence electrons. The number of hydrogen-bond donors (Lipinski definition) is 2. The molecule has 0 saturated carbocycles. The van der Waals surface area contributed by atoms with Crippen LogP contribution in [-0.2, 0) is 4.74 Å². The van der Waals surface area contributed by atoms with Crippen LogP contribution in [0.15, 0.2) is 22.7 Å². The van der Waals surface area contributed by atoms with Gasteiger partial charge in [0.15, 0.2) is 0 Å². The third kappa shape index (κ3) is 3.68. The van der Waals surface area contributed by atoms with Crippen molar-refractivity contribution in [3.63, 3.8) is 0 Å². The lowest BCUT2D eigenvalue weighted by Gasteiger charge is -2.27. The van der Waals surface area contributed by atoms with E-state index in [0.717, 1.165) is 47.5 Å². The average molecular weight is 334 g/mol. The molecule has 1 heterocycles. The third-order valence-electron chi connectivity index (χ3n) is 3.44. The van der Waals surface area contributed by atoms with Crippen molar-refractivity contribution in [3.8, 4) is 0 Å². The van der Waals surface area contributed by atoms with Crippen molar-refractivity contribution in [3.05, 3.63) is 33.3 Å². The first-order valence-electron chi connectivity index (χ1n) is 6.19. The minimum absolute atomic E-state index is 0.0955. The second-order valence-electron chi connectivity index (χ2n) is 4.68. The molecule has 1 fully saturated rings. The molecule has 18 heavy (non-hydrogen) atoms. The van der Waals surface area contributed by atoms with Gasteiger partial charge in [-0.25, -0.2) is 0 Å². The van der Waals surface area contributed by atoms with Crippen LogP contribution in [0, 0.1) is 5.92 Å². The number of rotatable bonds is 4. The predicted octanol–water partition coefficient (Wildman–Crippen LogP) is 3.42. The molecule has 0 bridgehead atoms. The van der Waals surface area contributed by atoms with E-state index in [0.29, 0.717) is 5.92 Å². The molecular weight excluding hydrogens is 316 g/mol. The first-order valence-corrected chi connectivity index (χ1v) is 7.36. The van der Waals surface area contributed by atoms with Gasteiger partial charge in [-0.15, -0.1) is 0 Å². The zero-order chi connectivity index (χ0) is 13.0. The van der Waals surface area contributed by atoms with Crippen molar-refractivity contribution in [2.45, 2.75) is 25.3 Å². The number of benzene rings is 1. The van der Waals surface area contributed by atoms with Crippen LogP contribution in [0.3, 0.4) is 0 Å². The van der Waals surface area contributed by atoms with E-state index in [1.54, 1.807) is 0 Å². The Morgan fingerprint density at radius 1 is 1.44 bits per heavy atom. The molecule has 2 rings (SSSR count). The number of nitrogens with two attached hydrogens (primary N) is 1. The van der Waals surface area contributed by atoms with Crippen molar-refractivity contribution >= 4 is 27.5 Å². The fourth-order valence-electron chi connectivity index (χ4n) is 2.38. The van der Waals surface area contributed by atoms with Crippen molar-refractivity contribution in [2.75, 3.05) is 13.2 Å². The Morgan fingerprint density at radius 3 is 2.83 bits per heavy atom. The molecule has 0 amide bonds. The Hall–Kier alpha value is -0.130. The number of nitrogens with one attached hydrogen (secondary N) is 1. The number of hydrogen-bond acceptors (Lipinski definition) is 3. The zero-order valence-corrected chi connectivity index (χ0v) is 12.5. The number of halogens is 2. The number of hydrazine groups is 1. The summed E-state index contributed by atoms with van der Waals surface area (Å²) in [7, 11) is 0. The molecule has 1 saturated heterocycles. The Bertz CT molecular complexity index is 397. The summed E-state index contributed by atoms with van der Waals surface area (Å²) in [6, 6.07) is 5.97. The summed E-state index contributed by atoms with van der Waals surface area (Å²) in [6.07, 6.45) is 3.20. The lowest BCUT2D eigenvalue weighted by Crippen LogP contribution is -2.31. The maximum absolute atomic E-state index is 6.25. The van der Waals surface area contributed by atoms with Crippen molar-refractivity contribution in [2.24, 2.45) is 11.8 Å². The normalized spacial score (nSPS) is 18.8. The standard InChI is InChI=1S/C13H18BrClN2O/c14-10-1-2-12(15)11(8-10)13(17-16)7-9-3-5-18-6-4-9/h1-2,8-9,13,17H,3-7,16H2. The van der Waals surface area contributed by atoms with Gasteiger partial charge in [-0.05, 0) is 48.9 Å². The first kappa shape index (κ1) is 14.3. The topological polar surface area (TPSA) is 47.3 Å². The minimum atomic E-state index is 0.0955. The van der Waals surface area contributed by atoms with Crippen molar-refractivity contribution in [1.82, 2.24) is 5.43 Å². The molecule has 0 aliphatic carbocycles. The molecule has 5 heteroatoms. The van der Waals surface area contributed by atoms with E-state index in [4.69, 9.17) is 22.2 Å². The van der Waals surface area contributed by atoms with Gasteiger partial charge in [0.2, 0.25) is 0 Å². The van der Waals surface area contributed by atoms with Gasteiger partial charge in [0.05, 0.1) is 0 Å². The van der Waals surface area contributed by atoms with Crippen LogP contribution in [0.5, 0.6) is 0 Å². The van der Waals surface area contributed by atoms with E-state index in [9.17, 15) is 0 Å². The molecule has 1 atom stereocenters. The molecule has 1 aliphatic heterocycles. The smallest absolute Gasteiger partial charge is 0.0477 e. The fraction of sp³-hybridized carbons (Fsp3) is 0.538. The summed E-state index contributed by atoms with van der Waals surface area (Å²) >= 11 is 9.72. The third-order valence-corrected chi connectivity index (χ3v) is 4.28. The summed E-state index contributed by atoms with van der Waals surface area (Å²) in [5, 5.41) is 0.758. The average Bonchev–Trinajstić information content (AvgIpc) is 2.40. The summed E-state index contributed by atoms with van der Waals surface area (Å²) in [5.74, 6) is 6.33. The first-order chi connectivity index (χ1) is 8.70. The van der Waals surface area contributed by atoms with Gasteiger partial charge in [-0.1, -0.05) is 27.5 Å². The van der Waals surface area contributed by atoms with Gasteiger partial charge in [0, 0.05) is 28.8 Å². The Kier molecular flexibility index (Phi) is 5.45. The molecular formula is C13H18BrClN2O. The highest BCUT2D eigenvalue weighted by molar-refractivity contribution is 9.10. The molecule has 0 aromatic heterocycles. The van der Waals surface area contributed by atoms with Crippen molar-refractivity contribution < 1.29 is 4.74 Å². The highest BCUT2D eigenvalue weighted by atomic mass is 79.9. The summed E-state index contributed by atoms with van der Waals surface area (Å²) in [5.41, 5.74) is 3.94. The highest BCUT2D eigenvalue weighted by Gasteiger charge is 2.21. The summed E-state index contributed by atoms with van der Waals surface area (Å²) in [4.78, 5) is 0. The molecule has 1 aliphatic rings. The van der Waals surface area contributed by atoms with Gasteiger partial charge in [-0.3, -0.25) is 11.3 Å². The van der Waals surface area contributed by atoms with Crippen LogP contribution in [0.2, 0.25) is 5.02 Å². The summed E-state index contributed by atoms with van der Waals surface area (Å²) in [6.45, 7) is 1.71. The van der Waals surface area contributed by atoms with E-state index in [-0.39, 0.29) is 6.04 Å². The van der Waals surface area contributed by atoms with Crippen LogP contribution in [-0.4, -0.2) is 13.2 Å². The molecule has 1 aromatic rings. The van der Waals surface area contributed by atoms with E-state index in [1.807, 2.05) is 18.2 Å². The van der Waals surface area contributed by atoms with E-state index in [2.05, 4.69) is 21.4 Å². The van der Waals surface area contributed by atoms with Crippen LogP contribution in [0.25, 0.3) is 0 Å². The fourth-order valence-corrected chi connectivity index (χ4v) is 3.01. The Labute approximate surface area is 121 Å². The maximum Gasteiger partial charge on any atom is 0.0477 e. The van der Waals surface area contributed by atoms with E-state index in [1.165, 1.54) is 0 Å². The predicted molar refractivity (Wildman–Crippen MR) is 77.4 cm³/mol. The van der Waals surface area contributed by atoms with E-state index < -0.39 is 0 Å². The van der Waals surface area contributed by atoms with Crippen LogP contribution in [0.4, 0.5) is 0 Å². The lowest BCUT2D eigenvalue weighted by molar-refractivity contribution is 0.0605. The quantitative estimate of drug-likeness (QED) is 0.655. The molecule has 3 nitrogen and oxygen atoms in total. The van der Waals surface area contributed by atoms with Gasteiger partial charge in [0.25, 0.3) is 0 Å². The molecule has 0 spiro atoms. The van der Waals surface area contributed by atoms with E-state index >= 15 is 0 Å². The largest absolute Gasteiger partial charge is 0.381 e. The van der Waals surface area contributed by atoms with Gasteiger partial charge >= 0.3 is 0 Å². The number of ether oxygens (including phenoxy) is 1. The molecule has 3 N–H and O–H groups in total. The lowest BCUT2D eigenvalue weighted by atomic mass is 9.90. The van der Waals surface area contributed by atoms with Gasteiger partial charge in [0.1, 0.15) is 0 Å². The van der Waals surface area contributed by atoms with Crippen molar-refractivity contribution in [1.29, 1.82) is 0 Å². The van der Waals surface area contributed by atoms with Gasteiger partial charge < -0.3 is 4.74 Å². The zero-order valence-electron chi connectivity index (χ0n) is 10.2. The van der Waals surface area contributed by atoms with Crippen LogP contribution < -0.4 is 11.3 Å². The Balaban J connectivity index is 2.09. The SMILES string of the molecule is NNC(CC1CCOCC1)c1cc(Br)ccc1Cl. The monoisotopic (exact) mass is 332 g/mol. The minimum Gasteiger partial charge on any atom is -0.381 e. The van der Waals surface area contributed by atoms with Gasteiger partial charge in [-0.2, -0.15) is 0 Å². The Morgan fingerprint density at radius 2 is 2.17 bits per heavy atom. The molecule has 1 unspecified atom stereocenters.